The highest BCUT2D eigenvalue weighted by Crippen LogP contribution is 2.12. The predicted octanol–water partition coefficient (Wildman–Crippen LogP) is 2.92. The zero-order valence-electron chi connectivity index (χ0n) is 11.4. The Morgan fingerprint density at radius 3 is 2.41 bits per heavy atom. The Labute approximate surface area is 104 Å². The van der Waals surface area contributed by atoms with Crippen LogP contribution in [0.2, 0.25) is 0 Å². The van der Waals surface area contributed by atoms with Gasteiger partial charge in [0.1, 0.15) is 5.82 Å². The van der Waals surface area contributed by atoms with Gasteiger partial charge in [0.15, 0.2) is 0 Å². The normalized spacial score (nSPS) is 10.6. The van der Waals surface area contributed by atoms with Crippen LogP contribution in [0.15, 0.2) is 12.3 Å². The van der Waals surface area contributed by atoms with E-state index in [0.717, 1.165) is 37.7 Å². The van der Waals surface area contributed by atoms with Crippen LogP contribution in [-0.2, 0) is 0 Å². The third kappa shape index (κ3) is 4.59. The molecule has 4 heteroatoms. The lowest BCUT2D eigenvalue weighted by Gasteiger charge is -2.22. The van der Waals surface area contributed by atoms with Crippen LogP contribution >= 0.6 is 0 Å². The molecule has 0 aromatic carbocycles. The summed E-state index contributed by atoms with van der Waals surface area (Å²) in [7, 11) is 0. The fraction of sp³-hybridized carbons (Fsp3) is 0.692. The highest BCUT2D eigenvalue weighted by Gasteiger charge is 2.08. The van der Waals surface area contributed by atoms with Crippen LogP contribution in [0.4, 0.5) is 11.8 Å². The molecular formula is C13H24N4. The van der Waals surface area contributed by atoms with Gasteiger partial charge in [-0.05, 0) is 32.8 Å². The Morgan fingerprint density at radius 2 is 1.88 bits per heavy atom. The first-order chi connectivity index (χ1) is 8.17. The average molecular weight is 236 g/mol. The van der Waals surface area contributed by atoms with Crippen molar-refractivity contribution in [3.8, 4) is 0 Å². The first kappa shape index (κ1) is 13.7. The lowest BCUT2D eigenvalue weighted by Crippen LogP contribution is -2.27. The number of nitrogens with zero attached hydrogens (tertiary/aromatic N) is 3. The van der Waals surface area contributed by atoms with E-state index in [1.54, 1.807) is 0 Å². The second kappa shape index (κ2) is 7.09. The Hall–Kier alpha value is -1.32. The van der Waals surface area contributed by atoms with E-state index in [2.05, 4.69) is 47.9 Å². The van der Waals surface area contributed by atoms with Gasteiger partial charge in [-0.1, -0.05) is 13.8 Å². The molecule has 1 rings (SSSR count). The van der Waals surface area contributed by atoms with Crippen molar-refractivity contribution in [1.29, 1.82) is 0 Å². The van der Waals surface area contributed by atoms with Crippen molar-refractivity contribution < 1.29 is 0 Å². The minimum atomic E-state index is 0.392. The van der Waals surface area contributed by atoms with E-state index in [0.29, 0.717) is 6.04 Å². The molecular weight excluding hydrogens is 212 g/mol. The molecule has 0 saturated heterocycles. The molecule has 17 heavy (non-hydrogen) atoms. The molecule has 0 radical (unpaired) electrons. The van der Waals surface area contributed by atoms with Crippen LogP contribution in [-0.4, -0.2) is 29.1 Å². The summed E-state index contributed by atoms with van der Waals surface area (Å²) in [5.74, 6) is 1.74. The van der Waals surface area contributed by atoms with Gasteiger partial charge < -0.3 is 10.2 Å². The Kier molecular flexibility index (Phi) is 5.73. The molecule has 0 aliphatic rings. The topological polar surface area (TPSA) is 41.1 Å². The van der Waals surface area contributed by atoms with Gasteiger partial charge in [0.2, 0.25) is 5.95 Å². The van der Waals surface area contributed by atoms with Crippen molar-refractivity contribution in [2.75, 3.05) is 23.3 Å². The number of aromatic nitrogens is 2. The molecule has 0 aliphatic carbocycles. The first-order valence-electron chi connectivity index (χ1n) is 6.51. The molecule has 1 aromatic rings. The van der Waals surface area contributed by atoms with Crippen molar-refractivity contribution in [2.24, 2.45) is 0 Å². The number of anilines is 2. The van der Waals surface area contributed by atoms with Crippen LogP contribution in [0.5, 0.6) is 0 Å². The summed E-state index contributed by atoms with van der Waals surface area (Å²) in [6.07, 6.45) is 4.06. The Balaban J connectivity index is 2.79. The maximum absolute atomic E-state index is 4.55. The van der Waals surface area contributed by atoms with Gasteiger partial charge in [-0.3, -0.25) is 0 Å². The highest BCUT2D eigenvalue weighted by atomic mass is 15.3. The molecule has 4 nitrogen and oxygen atoms in total. The van der Waals surface area contributed by atoms with Crippen molar-refractivity contribution in [3.05, 3.63) is 12.3 Å². The summed E-state index contributed by atoms with van der Waals surface area (Å²) >= 11 is 0. The molecule has 0 amide bonds. The summed E-state index contributed by atoms with van der Waals surface area (Å²) in [5.41, 5.74) is 0. The van der Waals surface area contributed by atoms with Crippen molar-refractivity contribution >= 4 is 11.8 Å². The van der Waals surface area contributed by atoms with Crippen LogP contribution in [0.3, 0.4) is 0 Å². The smallest absolute Gasteiger partial charge is 0.227 e. The quantitative estimate of drug-likeness (QED) is 0.790. The summed E-state index contributed by atoms with van der Waals surface area (Å²) in [4.78, 5) is 11.2. The average Bonchev–Trinajstić information content (AvgIpc) is 2.28. The summed E-state index contributed by atoms with van der Waals surface area (Å²) in [6.45, 7) is 10.6. The third-order valence-corrected chi connectivity index (χ3v) is 2.35. The molecule has 1 N–H and O–H groups in total. The maximum Gasteiger partial charge on any atom is 0.227 e. The Morgan fingerprint density at radius 1 is 1.24 bits per heavy atom. The molecule has 1 heterocycles. The van der Waals surface area contributed by atoms with Gasteiger partial charge in [0.25, 0.3) is 0 Å². The van der Waals surface area contributed by atoms with Crippen LogP contribution < -0.4 is 10.2 Å². The van der Waals surface area contributed by atoms with E-state index in [1.165, 1.54) is 0 Å². The molecule has 0 atom stereocenters. The molecule has 0 fully saturated rings. The van der Waals surface area contributed by atoms with E-state index in [-0.39, 0.29) is 0 Å². The standard InChI is InChI=1S/C13H24N4/c1-5-9-17(10-6-2)13-14-8-7-12(16-13)15-11(3)4/h7-8,11H,5-6,9-10H2,1-4H3,(H,14,15,16). The largest absolute Gasteiger partial charge is 0.368 e. The molecule has 0 spiro atoms. The molecule has 0 unspecified atom stereocenters. The van der Waals surface area contributed by atoms with Gasteiger partial charge >= 0.3 is 0 Å². The van der Waals surface area contributed by atoms with Gasteiger partial charge in [0, 0.05) is 25.3 Å². The lowest BCUT2D eigenvalue weighted by atomic mass is 10.3. The lowest BCUT2D eigenvalue weighted by molar-refractivity contribution is 0.720. The van der Waals surface area contributed by atoms with E-state index in [1.807, 2.05) is 12.3 Å². The predicted molar refractivity (Wildman–Crippen MR) is 73.6 cm³/mol. The van der Waals surface area contributed by atoms with E-state index in [9.17, 15) is 0 Å². The number of rotatable bonds is 7. The van der Waals surface area contributed by atoms with Crippen molar-refractivity contribution in [1.82, 2.24) is 9.97 Å². The van der Waals surface area contributed by atoms with Crippen molar-refractivity contribution in [3.63, 3.8) is 0 Å². The van der Waals surface area contributed by atoms with Gasteiger partial charge in [-0.25, -0.2) is 4.98 Å². The fourth-order valence-electron chi connectivity index (χ4n) is 1.73. The fourth-order valence-corrected chi connectivity index (χ4v) is 1.73. The zero-order valence-corrected chi connectivity index (χ0v) is 11.4. The summed E-state index contributed by atoms with van der Waals surface area (Å²) < 4.78 is 0. The zero-order chi connectivity index (χ0) is 12.7. The monoisotopic (exact) mass is 236 g/mol. The van der Waals surface area contributed by atoms with Gasteiger partial charge in [0.05, 0.1) is 0 Å². The molecule has 96 valence electrons. The Bertz CT molecular complexity index is 319. The van der Waals surface area contributed by atoms with E-state index < -0.39 is 0 Å². The van der Waals surface area contributed by atoms with Crippen LogP contribution in [0, 0.1) is 0 Å². The summed E-state index contributed by atoms with van der Waals surface area (Å²) in [5, 5.41) is 3.31. The van der Waals surface area contributed by atoms with E-state index in [4.69, 9.17) is 0 Å². The molecule has 1 aromatic heterocycles. The first-order valence-corrected chi connectivity index (χ1v) is 6.51. The van der Waals surface area contributed by atoms with E-state index >= 15 is 0 Å². The minimum Gasteiger partial charge on any atom is -0.368 e. The second-order valence-electron chi connectivity index (χ2n) is 4.53. The SMILES string of the molecule is CCCN(CCC)c1nccc(NC(C)C)n1. The van der Waals surface area contributed by atoms with Crippen LogP contribution in [0.25, 0.3) is 0 Å². The van der Waals surface area contributed by atoms with Crippen LogP contribution in [0.1, 0.15) is 40.5 Å². The second-order valence-corrected chi connectivity index (χ2v) is 4.53. The minimum absolute atomic E-state index is 0.392. The molecule has 0 bridgehead atoms. The summed E-state index contributed by atoms with van der Waals surface area (Å²) in [6, 6.07) is 2.31. The number of nitrogens with one attached hydrogen (secondary N) is 1. The molecule has 0 saturated carbocycles. The third-order valence-electron chi connectivity index (χ3n) is 2.35. The number of hydrogen-bond acceptors (Lipinski definition) is 4. The highest BCUT2D eigenvalue weighted by molar-refractivity contribution is 5.41. The number of hydrogen-bond donors (Lipinski definition) is 1. The maximum atomic E-state index is 4.55. The van der Waals surface area contributed by atoms with Crippen molar-refractivity contribution in [2.45, 2.75) is 46.6 Å². The van der Waals surface area contributed by atoms with Gasteiger partial charge in [-0.2, -0.15) is 4.98 Å². The van der Waals surface area contributed by atoms with Gasteiger partial charge in [-0.15, -0.1) is 0 Å². The molecule has 0 aliphatic heterocycles.